The van der Waals surface area contributed by atoms with Gasteiger partial charge in [0, 0.05) is 43.7 Å². The second-order valence-electron chi connectivity index (χ2n) is 8.45. The van der Waals surface area contributed by atoms with Crippen LogP contribution in [0.4, 0.5) is 0 Å². The van der Waals surface area contributed by atoms with Crippen LogP contribution in [0.25, 0.3) is 0 Å². The summed E-state index contributed by atoms with van der Waals surface area (Å²) in [5.41, 5.74) is 2.89. The fourth-order valence-electron chi connectivity index (χ4n) is 3.98. The van der Waals surface area contributed by atoms with Crippen LogP contribution in [0.5, 0.6) is 0 Å². The van der Waals surface area contributed by atoms with E-state index in [9.17, 15) is 9.59 Å². The van der Waals surface area contributed by atoms with Crippen molar-refractivity contribution in [2.24, 2.45) is 0 Å². The van der Waals surface area contributed by atoms with Gasteiger partial charge in [0.25, 0.3) is 5.91 Å². The molecule has 1 heterocycles. The first-order chi connectivity index (χ1) is 16.2. The molecule has 1 aliphatic carbocycles. The second kappa shape index (κ2) is 11.0. The van der Waals surface area contributed by atoms with Gasteiger partial charge in [-0.3, -0.25) is 9.59 Å². The third-order valence-corrected chi connectivity index (χ3v) is 5.96. The summed E-state index contributed by atoms with van der Waals surface area (Å²) < 4.78 is 7.39. The predicted octanol–water partition coefficient (Wildman–Crippen LogP) is 3.82. The first-order valence-corrected chi connectivity index (χ1v) is 11.5. The Balaban J connectivity index is 1.47. The second-order valence-corrected chi connectivity index (χ2v) is 8.45. The van der Waals surface area contributed by atoms with Crippen LogP contribution in [-0.4, -0.2) is 59.0 Å². The van der Waals surface area contributed by atoms with Gasteiger partial charge in [-0.05, 0) is 42.7 Å². The van der Waals surface area contributed by atoms with E-state index in [1.165, 1.54) is 5.56 Å². The molecule has 1 aromatic heterocycles. The molecule has 0 radical (unpaired) electrons. The lowest BCUT2D eigenvalue weighted by atomic mass is 10.2. The molecule has 4 rings (SSSR count). The minimum Gasteiger partial charge on any atom is -0.383 e. The van der Waals surface area contributed by atoms with Crippen LogP contribution in [-0.2, 0) is 22.6 Å². The molecular weight excluding hydrogens is 414 g/mol. The number of ether oxygens (including phenoxy) is 1. The number of carbonyl (C=O) groups is 2. The van der Waals surface area contributed by atoms with Gasteiger partial charge in [-0.2, -0.15) is 0 Å². The van der Waals surface area contributed by atoms with Crippen molar-refractivity contribution < 1.29 is 14.3 Å². The maximum atomic E-state index is 13.4. The van der Waals surface area contributed by atoms with Gasteiger partial charge in [0.15, 0.2) is 0 Å². The highest BCUT2D eigenvalue weighted by Crippen LogP contribution is 2.29. The van der Waals surface area contributed by atoms with Gasteiger partial charge in [-0.1, -0.05) is 48.5 Å². The average molecular weight is 446 g/mol. The van der Waals surface area contributed by atoms with Gasteiger partial charge in [-0.25, -0.2) is 0 Å². The first kappa shape index (κ1) is 22.8. The molecule has 1 fully saturated rings. The van der Waals surface area contributed by atoms with Crippen LogP contribution in [0.2, 0.25) is 0 Å². The van der Waals surface area contributed by atoms with Crippen LogP contribution in [0.15, 0.2) is 79.0 Å². The minimum atomic E-state index is -0.149. The maximum absolute atomic E-state index is 13.4. The Morgan fingerprint density at radius 3 is 2.33 bits per heavy atom. The van der Waals surface area contributed by atoms with Crippen molar-refractivity contribution in [2.45, 2.75) is 32.0 Å². The molecule has 33 heavy (non-hydrogen) atoms. The van der Waals surface area contributed by atoms with Crippen molar-refractivity contribution in [1.82, 2.24) is 14.4 Å². The summed E-state index contributed by atoms with van der Waals surface area (Å²) >= 11 is 0. The molecule has 1 saturated carbocycles. The largest absolute Gasteiger partial charge is 0.383 e. The molecule has 6 heteroatoms. The highest BCUT2D eigenvalue weighted by molar-refractivity contribution is 5.96. The number of nitrogens with zero attached hydrogens (tertiary/aromatic N) is 3. The van der Waals surface area contributed by atoms with E-state index in [4.69, 9.17) is 4.74 Å². The Hall–Kier alpha value is -3.38. The number of carbonyl (C=O) groups excluding carboxylic acids is 2. The highest BCUT2D eigenvalue weighted by Gasteiger charge is 2.34. The third-order valence-electron chi connectivity index (χ3n) is 5.96. The van der Waals surface area contributed by atoms with Gasteiger partial charge in [0.05, 0.1) is 13.2 Å². The van der Waals surface area contributed by atoms with E-state index < -0.39 is 0 Å². The fraction of sp³-hybridized carbons (Fsp3) is 0.333. The van der Waals surface area contributed by atoms with Crippen LogP contribution < -0.4 is 0 Å². The van der Waals surface area contributed by atoms with E-state index in [0.717, 1.165) is 25.1 Å². The van der Waals surface area contributed by atoms with Crippen molar-refractivity contribution in [1.29, 1.82) is 0 Å². The van der Waals surface area contributed by atoms with Gasteiger partial charge in [0.1, 0.15) is 6.54 Å². The molecule has 2 aromatic carbocycles. The molecule has 0 bridgehead atoms. The van der Waals surface area contributed by atoms with Gasteiger partial charge in [0.2, 0.25) is 5.91 Å². The van der Waals surface area contributed by atoms with E-state index in [0.29, 0.717) is 25.3 Å². The Bertz CT molecular complexity index is 1040. The van der Waals surface area contributed by atoms with Gasteiger partial charge >= 0.3 is 0 Å². The van der Waals surface area contributed by atoms with Crippen molar-refractivity contribution in [3.8, 4) is 0 Å². The maximum Gasteiger partial charge on any atom is 0.254 e. The van der Waals surface area contributed by atoms with Crippen molar-refractivity contribution in [2.75, 3.05) is 26.8 Å². The molecule has 0 saturated heterocycles. The van der Waals surface area contributed by atoms with E-state index in [1.54, 1.807) is 24.1 Å². The van der Waals surface area contributed by atoms with E-state index in [-0.39, 0.29) is 24.4 Å². The fourth-order valence-corrected chi connectivity index (χ4v) is 3.98. The number of hydrogen-bond acceptors (Lipinski definition) is 3. The lowest BCUT2D eigenvalue weighted by Crippen LogP contribution is -2.44. The Morgan fingerprint density at radius 1 is 0.970 bits per heavy atom. The molecule has 0 unspecified atom stereocenters. The molecule has 172 valence electrons. The number of methoxy groups -OCH3 is 1. The van der Waals surface area contributed by atoms with E-state index in [1.807, 2.05) is 47.4 Å². The number of rotatable bonds is 11. The zero-order chi connectivity index (χ0) is 23.0. The summed E-state index contributed by atoms with van der Waals surface area (Å²) in [6.45, 7) is 2.12. The van der Waals surface area contributed by atoms with E-state index >= 15 is 0 Å². The van der Waals surface area contributed by atoms with Crippen LogP contribution in [0.1, 0.15) is 34.5 Å². The zero-order valence-electron chi connectivity index (χ0n) is 19.1. The van der Waals surface area contributed by atoms with Crippen LogP contribution in [0, 0.1) is 0 Å². The van der Waals surface area contributed by atoms with Gasteiger partial charge < -0.3 is 19.1 Å². The molecule has 2 amide bonds. The third kappa shape index (κ3) is 6.11. The standard InChI is InChI=1S/C27H31N3O3/c1-33-18-17-29(27(32)23-11-6-3-7-12-23)21-26(31)30(24-14-15-24)20-25-13-8-16-28(25)19-22-9-4-2-5-10-22/h2-13,16,24H,14-15,17-21H2,1H3. The summed E-state index contributed by atoms with van der Waals surface area (Å²) in [4.78, 5) is 30.0. The first-order valence-electron chi connectivity index (χ1n) is 11.5. The van der Waals surface area contributed by atoms with Crippen LogP contribution in [0.3, 0.4) is 0 Å². The summed E-state index contributed by atoms with van der Waals surface area (Å²) in [7, 11) is 1.60. The van der Waals surface area contributed by atoms with Crippen molar-refractivity contribution >= 4 is 11.8 Å². The number of benzene rings is 2. The molecule has 6 nitrogen and oxygen atoms in total. The Labute approximate surface area is 195 Å². The smallest absolute Gasteiger partial charge is 0.254 e. The number of hydrogen-bond donors (Lipinski definition) is 0. The van der Waals surface area contributed by atoms with Crippen LogP contribution >= 0.6 is 0 Å². The van der Waals surface area contributed by atoms with Crippen molar-refractivity contribution in [3.05, 3.63) is 95.8 Å². The summed E-state index contributed by atoms with van der Waals surface area (Å²) in [6, 6.07) is 23.8. The zero-order valence-corrected chi connectivity index (χ0v) is 19.1. The molecule has 3 aromatic rings. The normalized spacial score (nSPS) is 13.0. The van der Waals surface area contributed by atoms with Crippen molar-refractivity contribution in [3.63, 3.8) is 0 Å². The lowest BCUT2D eigenvalue weighted by molar-refractivity contribution is -0.133. The number of amides is 2. The molecule has 0 atom stereocenters. The Kier molecular flexibility index (Phi) is 7.58. The minimum absolute atomic E-state index is 0.0228. The topological polar surface area (TPSA) is 54.8 Å². The summed E-state index contributed by atoms with van der Waals surface area (Å²) in [5, 5.41) is 0. The molecule has 0 N–H and O–H groups in total. The monoisotopic (exact) mass is 445 g/mol. The number of aromatic nitrogens is 1. The predicted molar refractivity (Wildman–Crippen MR) is 128 cm³/mol. The van der Waals surface area contributed by atoms with Gasteiger partial charge in [-0.15, -0.1) is 0 Å². The molecule has 1 aliphatic rings. The summed E-state index contributed by atoms with van der Waals surface area (Å²) in [5.74, 6) is -0.172. The summed E-state index contributed by atoms with van der Waals surface area (Å²) in [6.07, 6.45) is 4.08. The molecular formula is C27H31N3O3. The average Bonchev–Trinajstić information content (AvgIpc) is 3.60. The Morgan fingerprint density at radius 2 is 1.67 bits per heavy atom. The van der Waals surface area contributed by atoms with E-state index in [2.05, 4.69) is 29.0 Å². The lowest BCUT2D eigenvalue weighted by Gasteiger charge is -2.28. The molecule has 0 spiro atoms. The quantitative estimate of drug-likeness (QED) is 0.451. The highest BCUT2D eigenvalue weighted by atomic mass is 16.5. The SMILES string of the molecule is COCCN(CC(=O)N(Cc1cccn1Cc1ccccc1)C1CC1)C(=O)c1ccccc1. The molecule has 0 aliphatic heterocycles.